The van der Waals surface area contributed by atoms with E-state index in [-0.39, 0.29) is 40.7 Å². The van der Waals surface area contributed by atoms with E-state index < -0.39 is 34.0 Å². The summed E-state index contributed by atoms with van der Waals surface area (Å²) in [7, 11) is -2.78. The van der Waals surface area contributed by atoms with Crippen LogP contribution in [0.1, 0.15) is 24.1 Å². The maximum Gasteiger partial charge on any atom is 0.416 e. The van der Waals surface area contributed by atoms with Crippen LogP contribution in [-0.4, -0.2) is 36.7 Å². The second-order valence-corrected chi connectivity index (χ2v) is 8.86. The molecule has 10 nitrogen and oxygen atoms in total. The summed E-state index contributed by atoms with van der Waals surface area (Å²) in [5, 5.41) is 7.42. The number of amides is 1. The van der Waals surface area contributed by atoms with Crippen LogP contribution in [0.15, 0.2) is 48.7 Å². The number of carbonyl (C=O) groups is 1. The molecule has 4 rings (SSSR count). The van der Waals surface area contributed by atoms with Gasteiger partial charge in [0.15, 0.2) is 5.82 Å². The summed E-state index contributed by atoms with van der Waals surface area (Å²) in [6.07, 6.45) is 0.615. The minimum absolute atomic E-state index is 0.00608. The average Bonchev–Trinajstić information content (AvgIpc) is 2.79. The molecule has 3 aromatic rings. The highest BCUT2D eigenvalue weighted by Crippen LogP contribution is 2.40. The third kappa shape index (κ3) is 4.75. The van der Waals surface area contributed by atoms with E-state index >= 15 is 4.39 Å². The van der Waals surface area contributed by atoms with E-state index in [0.717, 1.165) is 11.0 Å². The van der Waals surface area contributed by atoms with Crippen molar-refractivity contribution < 1.29 is 31.5 Å². The molecule has 1 aromatic heterocycles. The lowest BCUT2D eigenvalue weighted by molar-refractivity contribution is 0.114. The first-order valence-electron chi connectivity index (χ1n) is 9.94. The van der Waals surface area contributed by atoms with Crippen molar-refractivity contribution in [1.29, 1.82) is 0 Å². The number of nitrogens with one attached hydrogen (secondary N) is 2. The van der Waals surface area contributed by atoms with Crippen LogP contribution in [0.2, 0.25) is 0 Å². The summed E-state index contributed by atoms with van der Waals surface area (Å²) in [6.45, 7) is 1.27. The molecule has 2 aromatic carbocycles. The Morgan fingerprint density at radius 2 is 2.00 bits per heavy atom. The van der Waals surface area contributed by atoms with Gasteiger partial charge in [-0.3, -0.25) is 9.62 Å². The Kier molecular flexibility index (Phi) is 6.30. The molecule has 0 radical (unpaired) electrons. The molecule has 2 heterocycles. The van der Waals surface area contributed by atoms with Crippen molar-refractivity contribution in [3.8, 4) is 17.4 Å². The quantitative estimate of drug-likeness (QED) is 0.519. The summed E-state index contributed by atoms with van der Waals surface area (Å²) in [5.74, 6) is -1.43. The molecule has 1 aliphatic rings. The lowest BCUT2D eigenvalue weighted by Gasteiger charge is -2.34. The van der Waals surface area contributed by atoms with Gasteiger partial charge in [0.05, 0.1) is 23.8 Å². The van der Waals surface area contributed by atoms with E-state index in [9.17, 15) is 17.6 Å². The number of nitrogens with zero attached hydrogens (tertiary/aromatic N) is 3. The minimum atomic E-state index is -3.95. The monoisotopic (exact) mass is 491 g/mol. The number of carbonyl (C=O) groups excluding carboxylic acids is 1. The van der Waals surface area contributed by atoms with Crippen molar-refractivity contribution >= 4 is 22.0 Å². The standard InChI is InChI=1S/C21H19F2N5O5S/c1-12-19-15(22)9-14(32-18-7-4-8-25-26-18)10-17(19)33-21(29)28(12)11-13-5-3-6-16(20(13)23)27-34(30,31)24-2/h3-10,12,24,27H,11H2,1-2H3/t12-/m1/s1. The fraction of sp³-hybridized carbons (Fsp3) is 0.190. The molecule has 1 amide bonds. The first kappa shape index (κ1) is 23.3. The van der Waals surface area contributed by atoms with Gasteiger partial charge in [-0.15, -0.1) is 5.10 Å². The molecular formula is C21H19F2N5O5S. The highest BCUT2D eigenvalue weighted by molar-refractivity contribution is 7.90. The number of rotatable bonds is 7. The predicted octanol–water partition coefficient (Wildman–Crippen LogP) is 3.50. The van der Waals surface area contributed by atoms with Gasteiger partial charge in [-0.25, -0.2) is 18.3 Å². The highest BCUT2D eigenvalue weighted by atomic mass is 32.2. The Morgan fingerprint density at radius 3 is 2.71 bits per heavy atom. The fourth-order valence-corrected chi connectivity index (χ4v) is 3.96. The summed E-state index contributed by atoms with van der Waals surface area (Å²) < 4.78 is 68.2. The molecule has 13 heteroatoms. The molecule has 34 heavy (non-hydrogen) atoms. The number of fused-ring (bicyclic) bond motifs is 1. The van der Waals surface area contributed by atoms with Crippen LogP contribution in [0.25, 0.3) is 0 Å². The Morgan fingerprint density at radius 1 is 1.21 bits per heavy atom. The van der Waals surface area contributed by atoms with Gasteiger partial charge in [-0.05, 0) is 19.1 Å². The van der Waals surface area contributed by atoms with E-state index in [2.05, 4.69) is 14.9 Å². The number of aromatic nitrogens is 2. The van der Waals surface area contributed by atoms with Gasteiger partial charge in [-0.1, -0.05) is 12.1 Å². The molecule has 1 aliphatic heterocycles. The van der Waals surface area contributed by atoms with Crippen LogP contribution in [0.5, 0.6) is 17.4 Å². The largest absolute Gasteiger partial charge is 0.437 e. The van der Waals surface area contributed by atoms with Gasteiger partial charge in [0, 0.05) is 37.0 Å². The zero-order valence-electron chi connectivity index (χ0n) is 18.0. The van der Waals surface area contributed by atoms with E-state index in [1.165, 1.54) is 43.6 Å². The van der Waals surface area contributed by atoms with E-state index in [4.69, 9.17) is 9.47 Å². The minimum Gasteiger partial charge on any atom is -0.437 e. The van der Waals surface area contributed by atoms with Crippen LogP contribution < -0.4 is 18.9 Å². The molecule has 0 aliphatic carbocycles. The number of halogens is 2. The molecule has 0 unspecified atom stereocenters. The number of benzene rings is 2. The van der Waals surface area contributed by atoms with E-state index in [0.29, 0.717) is 0 Å². The first-order valence-corrected chi connectivity index (χ1v) is 11.4. The Balaban J connectivity index is 1.60. The molecule has 0 saturated carbocycles. The molecule has 2 N–H and O–H groups in total. The normalized spacial score (nSPS) is 15.5. The topological polar surface area (TPSA) is 123 Å². The van der Waals surface area contributed by atoms with Crippen molar-refractivity contribution in [3.05, 3.63) is 71.4 Å². The van der Waals surface area contributed by atoms with Gasteiger partial charge < -0.3 is 9.47 Å². The molecule has 1 atom stereocenters. The number of hydrogen-bond donors (Lipinski definition) is 2. The number of ether oxygens (including phenoxy) is 2. The highest BCUT2D eigenvalue weighted by Gasteiger charge is 2.35. The van der Waals surface area contributed by atoms with E-state index in [1.54, 1.807) is 13.0 Å². The maximum atomic E-state index is 15.0. The molecule has 0 saturated heterocycles. The van der Waals surface area contributed by atoms with Crippen LogP contribution >= 0.6 is 0 Å². The third-order valence-corrected chi connectivity index (χ3v) is 6.11. The Labute approximate surface area is 193 Å². The summed E-state index contributed by atoms with van der Waals surface area (Å²) in [6, 6.07) is 8.82. The van der Waals surface area contributed by atoms with Crippen LogP contribution in [0, 0.1) is 11.6 Å². The van der Waals surface area contributed by atoms with Gasteiger partial charge in [0.1, 0.15) is 17.3 Å². The first-order chi connectivity index (χ1) is 16.2. The van der Waals surface area contributed by atoms with E-state index in [1.807, 2.05) is 4.72 Å². The van der Waals surface area contributed by atoms with Crippen LogP contribution in [-0.2, 0) is 16.8 Å². The molecule has 0 fully saturated rings. The lowest BCUT2D eigenvalue weighted by Crippen LogP contribution is -2.40. The van der Waals surface area contributed by atoms with Gasteiger partial charge in [0.25, 0.3) is 10.2 Å². The van der Waals surface area contributed by atoms with Gasteiger partial charge in [0.2, 0.25) is 5.88 Å². The third-order valence-electron chi connectivity index (χ3n) is 5.08. The molecule has 0 bridgehead atoms. The second kappa shape index (κ2) is 9.19. The fourth-order valence-electron chi connectivity index (χ4n) is 3.41. The summed E-state index contributed by atoms with van der Waals surface area (Å²) in [5.41, 5.74) is -0.215. The Bertz CT molecular complexity index is 1340. The SMILES string of the molecule is CNS(=O)(=O)Nc1cccc(CN2C(=O)Oc3cc(Oc4cccnn4)cc(F)c3[C@H]2C)c1F. The average molecular weight is 491 g/mol. The number of hydrogen-bond acceptors (Lipinski definition) is 7. The zero-order valence-corrected chi connectivity index (χ0v) is 18.8. The van der Waals surface area contributed by atoms with Crippen LogP contribution in [0.4, 0.5) is 19.3 Å². The number of anilines is 1. The molecule has 178 valence electrons. The summed E-state index contributed by atoms with van der Waals surface area (Å²) in [4.78, 5) is 13.8. The molecular weight excluding hydrogens is 472 g/mol. The van der Waals surface area contributed by atoms with Gasteiger partial charge in [-0.2, -0.15) is 13.5 Å². The van der Waals surface area contributed by atoms with Crippen molar-refractivity contribution in [1.82, 2.24) is 19.8 Å². The second-order valence-electron chi connectivity index (χ2n) is 7.24. The Hall–Kier alpha value is -3.84. The zero-order chi connectivity index (χ0) is 24.5. The van der Waals surface area contributed by atoms with Crippen molar-refractivity contribution in [2.24, 2.45) is 0 Å². The predicted molar refractivity (Wildman–Crippen MR) is 116 cm³/mol. The maximum absolute atomic E-state index is 15.0. The van der Waals surface area contributed by atoms with Crippen molar-refractivity contribution in [3.63, 3.8) is 0 Å². The summed E-state index contributed by atoms with van der Waals surface area (Å²) >= 11 is 0. The molecule has 0 spiro atoms. The van der Waals surface area contributed by atoms with Crippen molar-refractivity contribution in [2.45, 2.75) is 19.5 Å². The van der Waals surface area contributed by atoms with Crippen LogP contribution in [0.3, 0.4) is 0 Å². The lowest BCUT2D eigenvalue weighted by atomic mass is 10.0. The van der Waals surface area contributed by atoms with Crippen molar-refractivity contribution in [2.75, 3.05) is 11.8 Å². The van der Waals surface area contributed by atoms with Gasteiger partial charge >= 0.3 is 6.09 Å². The smallest absolute Gasteiger partial charge is 0.416 e.